The first kappa shape index (κ1) is 22.2. The predicted octanol–water partition coefficient (Wildman–Crippen LogP) is 2.55. The average molecular weight is 423 g/mol. The molecular weight excluding hydrogens is 400 g/mol. The molecule has 156 valence electrons. The molecule has 8 nitrogen and oxygen atoms in total. The van der Waals surface area contributed by atoms with Crippen molar-refractivity contribution in [1.29, 1.82) is 0 Å². The van der Waals surface area contributed by atoms with Crippen LogP contribution in [0.25, 0.3) is 0 Å². The molecule has 2 rings (SSSR count). The minimum absolute atomic E-state index is 0.226. The third-order valence-corrected chi connectivity index (χ3v) is 4.11. The molecule has 29 heavy (non-hydrogen) atoms. The van der Waals surface area contributed by atoms with Gasteiger partial charge < -0.3 is 30.0 Å². The van der Waals surface area contributed by atoms with E-state index in [0.29, 0.717) is 40.2 Å². The van der Waals surface area contributed by atoms with Gasteiger partial charge in [0, 0.05) is 12.1 Å². The number of hydrogen-bond donors (Lipinski definition) is 2. The Bertz CT molecular complexity index is 888. The molecule has 0 atom stereocenters. The van der Waals surface area contributed by atoms with Crippen LogP contribution in [0.5, 0.6) is 23.0 Å². The summed E-state index contributed by atoms with van der Waals surface area (Å²) in [5.74, 6) is 0.631. The van der Waals surface area contributed by atoms with E-state index < -0.39 is 5.91 Å². The molecule has 0 fully saturated rings. The van der Waals surface area contributed by atoms with Crippen LogP contribution in [0.3, 0.4) is 0 Å². The highest BCUT2D eigenvalue weighted by atomic mass is 35.5. The number of primary amides is 1. The van der Waals surface area contributed by atoms with Crippen molar-refractivity contribution in [3.63, 3.8) is 0 Å². The molecule has 0 aromatic heterocycles. The van der Waals surface area contributed by atoms with Gasteiger partial charge in [0.2, 0.25) is 0 Å². The molecule has 0 saturated carbocycles. The first-order valence-corrected chi connectivity index (χ1v) is 9.13. The summed E-state index contributed by atoms with van der Waals surface area (Å²) in [7, 11) is 2.95. The zero-order valence-corrected chi connectivity index (χ0v) is 17.2. The van der Waals surface area contributed by atoms with Crippen LogP contribution >= 0.6 is 11.6 Å². The fourth-order valence-corrected chi connectivity index (χ4v) is 2.81. The highest BCUT2D eigenvalue weighted by Gasteiger charge is 2.14. The minimum atomic E-state index is -0.613. The number of amides is 2. The summed E-state index contributed by atoms with van der Waals surface area (Å²) >= 11 is 6.25. The number of hydrogen-bond acceptors (Lipinski definition) is 6. The number of nitrogens with one attached hydrogen (secondary N) is 1. The van der Waals surface area contributed by atoms with Crippen LogP contribution in [0.1, 0.15) is 22.8 Å². The van der Waals surface area contributed by atoms with Gasteiger partial charge in [0.25, 0.3) is 11.8 Å². The maximum atomic E-state index is 12.5. The van der Waals surface area contributed by atoms with Gasteiger partial charge in [-0.2, -0.15) is 0 Å². The lowest BCUT2D eigenvalue weighted by atomic mass is 10.1. The molecule has 2 amide bonds. The Balaban J connectivity index is 2.10. The molecular formula is C20H23ClN2O6. The molecule has 2 aromatic carbocycles. The number of nitrogens with two attached hydrogens (primary N) is 1. The molecule has 3 N–H and O–H groups in total. The van der Waals surface area contributed by atoms with Crippen molar-refractivity contribution in [2.45, 2.75) is 13.5 Å². The van der Waals surface area contributed by atoms with E-state index in [4.69, 9.17) is 36.3 Å². The van der Waals surface area contributed by atoms with Crippen molar-refractivity contribution in [1.82, 2.24) is 5.32 Å². The molecule has 0 unspecified atom stereocenters. The van der Waals surface area contributed by atoms with Gasteiger partial charge in [0.1, 0.15) is 0 Å². The van der Waals surface area contributed by atoms with E-state index in [1.165, 1.54) is 26.4 Å². The van der Waals surface area contributed by atoms with Gasteiger partial charge in [0.15, 0.2) is 29.6 Å². The Kier molecular flexibility index (Phi) is 7.97. The number of methoxy groups -OCH3 is 2. The highest BCUT2D eigenvalue weighted by Crippen LogP contribution is 2.36. The molecule has 0 radical (unpaired) electrons. The number of benzene rings is 2. The molecule has 0 heterocycles. The van der Waals surface area contributed by atoms with Gasteiger partial charge in [-0.25, -0.2) is 0 Å². The zero-order chi connectivity index (χ0) is 21.4. The highest BCUT2D eigenvalue weighted by molar-refractivity contribution is 6.32. The fourth-order valence-electron chi connectivity index (χ4n) is 2.52. The summed E-state index contributed by atoms with van der Waals surface area (Å²) in [5.41, 5.74) is 6.17. The van der Waals surface area contributed by atoms with Gasteiger partial charge >= 0.3 is 0 Å². The van der Waals surface area contributed by atoms with Crippen molar-refractivity contribution in [3.8, 4) is 23.0 Å². The molecule has 0 spiro atoms. The lowest BCUT2D eigenvalue weighted by Crippen LogP contribution is -2.23. The van der Waals surface area contributed by atoms with E-state index in [0.717, 1.165) is 5.56 Å². The first-order valence-electron chi connectivity index (χ1n) is 8.76. The SMILES string of the molecule is CCOc1c(Cl)cc(CNC(=O)c2ccc(OCC(N)=O)c(OC)c2)cc1OC. The summed E-state index contributed by atoms with van der Waals surface area (Å²) < 4.78 is 21.2. The van der Waals surface area contributed by atoms with Crippen molar-refractivity contribution in [2.75, 3.05) is 27.4 Å². The smallest absolute Gasteiger partial charge is 0.255 e. The summed E-state index contributed by atoms with van der Waals surface area (Å²) in [5, 5.41) is 3.20. The van der Waals surface area contributed by atoms with Gasteiger partial charge in [-0.15, -0.1) is 0 Å². The average Bonchev–Trinajstić information content (AvgIpc) is 2.71. The molecule has 0 bridgehead atoms. The fraction of sp³-hybridized carbons (Fsp3) is 0.300. The monoisotopic (exact) mass is 422 g/mol. The van der Waals surface area contributed by atoms with Gasteiger partial charge in [-0.3, -0.25) is 9.59 Å². The summed E-state index contributed by atoms with van der Waals surface area (Å²) in [6.07, 6.45) is 0. The summed E-state index contributed by atoms with van der Waals surface area (Å²) in [6, 6.07) is 8.06. The van der Waals surface area contributed by atoms with E-state index >= 15 is 0 Å². The number of carbonyl (C=O) groups excluding carboxylic acids is 2. The van der Waals surface area contributed by atoms with Crippen LogP contribution in [0, 0.1) is 0 Å². The van der Waals surface area contributed by atoms with Crippen LogP contribution in [-0.4, -0.2) is 39.2 Å². The number of ether oxygens (including phenoxy) is 4. The Morgan fingerprint density at radius 3 is 2.38 bits per heavy atom. The minimum Gasteiger partial charge on any atom is -0.493 e. The second kappa shape index (κ2) is 10.4. The zero-order valence-electron chi connectivity index (χ0n) is 16.4. The van der Waals surface area contributed by atoms with E-state index in [2.05, 4.69) is 5.32 Å². The molecule has 2 aromatic rings. The lowest BCUT2D eigenvalue weighted by molar-refractivity contribution is -0.119. The first-order chi connectivity index (χ1) is 13.9. The lowest BCUT2D eigenvalue weighted by Gasteiger charge is -2.14. The van der Waals surface area contributed by atoms with Crippen molar-refractivity contribution in [3.05, 3.63) is 46.5 Å². The number of rotatable bonds is 10. The molecule has 0 aliphatic rings. The molecule has 0 saturated heterocycles. The number of halogens is 1. The van der Waals surface area contributed by atoms with Gasteiger partial charge in [-0.05, 0) is 42.8 Å². The molecule has 9 heteroatoms. The second-order valence-corrected chi connectivity index (χ2v) is 6.25. The maximum absolute atomic E-state index is 12.5. The van der Waals surface area contributed by atoms with Crippen LogP contribution in [0.2, 0.25) is 5.02 Å². The maximum Gasteiger partial charge on any atom is 0.255 e. The van der Waals surface area contributed by atoms with Gasteiger partial charge in [-0.1, -0.05) is 11.6 Å². The topological polar surface area (TPSA) is 109 Å². The summed E-state index contributed by atoms with van der Waals surface area (Å²) in [6.45, 7) is 2.24. The third-order valence-electron chi connectivity index (χ3n) is 3.83. The van der Waals surface area contributed by atoms with E-state index in [-0.39, 0.29) is 19.1 Å². The van der Waals surface area contributed by atoms with Crippen LogP contribution in [0.15, 0.2) is 30.3 Å². The van der Waals surface area contributed by atoms with Crippen LogP contribution < -0.4 is 30.0 Å². The Morgan fingerprint density at radius 2 is 1.76 bits per heavy atom. The van der Waals surface area contributed by atoms with Crippen molar-refractivity contribution < 1.29 is 28.5 Å². The summed E-state index contributed by atoms with van der Waals surface area (Å²) in [4.78, 5) is 23.4. The van der Waals surface area contributed by atoms with Gasteiger partial charge in [0.05, 0.1) is 25.8 Å². The van der Waals surface area contributed by atoms with Crippen molar-refractivity contribution in [2.24, 2.45) is 5.73 Å². The Morgan fingerprint density at radius 1 is 1.03 bits per heavy atom. The quantitative estimate of drug-likeness (QED) is 0.609. The Hall–Kier alpha value is -3.13. The normalized spacial score (nSPS) is 10.2. The van der Waals surface area contributed by atoms with Crippen molar-refractivity contribution >= 4 is 23.4 Å². The predicted molar refractivity (Wildman–Crippen MR) is 108 cm³/mol. The molecule has 0 aliphatic heterocycles. The third kappa shape index (κ3) is 5.92. The Labute approximate surface area is 173 Å². The van der Waals surface area contributed by atoms with E-state index in [9.17, 15) is 9.59 Å². The van der Waals surface area contributed by atoms with Crippen LogP contribution in [0.4, 0.5) is 0 Å². The van der Waals surface area contributed by atoms with E-state index in [1.54, 1.807) is 18.2 Å². The largest absolute Gasteiger partial charge is 0.493 e. The second-order valence-electron chi connectivity index (χ2n) is 5.85. The standard InChI is InChI=1S/C20H23ClN2O6/c1-4-28-19-14(21)7-12(8-17(19)27-3)10-23-20(25)13-5-6-15(16(9-13)26-2)29-11-18(22)24/h5-9H,4,10-11H2,1-3H3,(H2,22,24)(H,23,25). The van der Waals surface area contributed by atoms with E-state index in [1.807, 2.05) is 6.92 Å². The number of carbonyl (C=O) groups is 2. The van der Waals surface area contributed by atoms with Crippen LogP contribution in [-0.2, 0) is 11.3 Å². The molecule has 0 aliphatic carbocycles.